The number of carbonyl (C=O) groups is 3. The lowest BCUT2D eigenvalue weighted by Crippen LogP contribution is -2.54. The molecule has 1 saturated heterocycles. The highest BCUT2D eigenvalue weighted by Gasteiger charge is 2.37. The van der Waals surface area contributed by atoms with Crippen LogP contribution in [0.15, 0.2) is 83.4 Å². The van der Waals surface area contributed by atoms with Gasteiger partial charge in [0.1, 0.15) is 12.2 Å². The van der Waals surface area contributed by atoms with Crippen LogP contribution in [0.25, 0.3) is 6.08 Å². The molecule has 1 aliphatic heterocycles. The number of nitrogens with zero attached hydrogens (tertiary/aromatic N) is 2. The number of nitro benzene ring substituents is 1. The number of imide groups is 2. The van der Waals surface area contributed by atoms with Crippen molar-refractivity contribution in [3.05, 3.63) is 110 Å². The average Bonchev–Trinajstić information content (AvgIpc) is 2.92. The Labute approximate surface area is 238 Å². The van der Waals surface area contributed by atoms with Crippen LogP contribution in [0, 0.1) is 10.1 Å². The molecule has 0 bridgehead atoms. The molecule has 4 rings (SSSR count). The van der Waals surface area contributed by atoms with Gasteiger partial charge >= 0.3 is 6.03 Å². The number of ether oxygens (including phenoxy) is 2. The van der Waals surface area contributed by atoms with Crippen molar-refractivity contribution in [1.82, 2.24) is 5.32 Å². The zero-order valence-electron chi connectivity index (χ0n) is 21.4. The second-order valence-corrected chi connectivity index (χ2v) is 9.50. The van der Waals surface area contributed by atoms with E-state index in [2.05, 4.69) is 27.8 Å². The Morgan fingerprint density at radius 3 is 2.50 bits per heavy atom. The van der Waals surface area contributed by atoms with E-state index in [9.17, 15) is 24.5 Å². The van der Waals surface area contributed by atoms with Gasteiger partial charge in [-0.2, -0.15) is 0 Å². The highest BCUT2D eigenvalue weighted by molar-refractivity contribution is 9.10. The molecule has 0 aromatic heterocycles. The van der Waals surface area contributed by atoms with Crippen molar-refractivity contribution in [2.45, 2.75) is 20.0 Å². The molecule has 0 saturated carbocycles. The zero-order chi connectivity index (χ0) is 28.8. The summed E-state index contributed by atoms with van der Waals surface area (Å²) in [6, 6.07) is 15.1. The summed E-state index contributed by atoms with van der Waals surface area (Å²) < 4.78 is 12.9. The molecule has 4 amide bonds. The van der Waals surface area contributed by atoms with Gasteiger partial charge in [-0.05, 0) is 60.9 Å². The molecule has 3 aromatic carbocycles. The first-order chi connectivity index (χ1) is 19.2. The monoisotopic (exact) mass is 605 g/mol. The summed E-state index contributed by atoms with van der Waals surface area (Å²) in [6.07, 6.45) is 3.43. The van der Waals surface area contributed by atoms with E-state index in [-0.39, 0.29) is 23.6 Å². The number of benzene rings is 3. The number of non-ortho nitro benzene ring substituents is 1. The largest absolute Gasteiger partial charge is 0.490 e. The van der Waals surface area contributed by atoms with E-state index in [1.165, 1.54) is 24.3 Å². The van der Waals surface area contributed by atoms with Gasteiger partial charge in [-0.3, -0.25) is 25.0 Å². The molecule has 3 aromatic rings. The number of barbiturate groups is 1. The van der Waals surface area contributed by atoms with Gasteiger partial charge in [0.15, 0.2) is 11.5 Å². The Morgan fingerprint density at radius 2 is 1.82 bits per heavy atom. The topological polar surface area (TPSA) is 128 Å². The molecule has 0 spiro atoms. The molecule has 1 heterocycles. The third kappa shape index (κ3) is 6.26. The average molecular weight is 606 g/mol. The van der Waals surface area contributed by atoms with Crippen molar-refractivity contribution in [3.8, 4) is 11.5 Å². The number of allylic oxidation sites excluding steroid dienone is 1. The second kappa shape index (κ2) is 12.4. The van der Waals surface area contributed by atoms with Crippen molar-refractivity contribution in [3.63, 3.8) is 0 Å². The Balaban J connectivity index is 1.72. The number of amides is 4. The second-order valence-electron chi connectivity index (χ2n) is 8.58. The number of nitro groups is 1. The first-order valence-electron chi connectivity index (χ1n) is 12.2. The third-order valence-electron chi connectivity index (χ3n) is 5.83. The van der Waals surface area contributed by atoms with Gasteiger partial charge in [0, 0.05) is 22.2 Å². The Morgan fingerprint density at radius 1 is 1.07 bits per heavy atom. The van der Waals surface area contributed by atoms with Crippen molar-refractivity contribution in [1.29, 1.82) is 0 Å². The maximum atomic E-state index is 13.3. The molecule has 40 heavy (non-hydrogen) atoms. The molecule has 0 aliphatic carbocycles. The van der Waals surface area contributed by atoms with Crippen LogP contribution < -0.4 is 19.7 Å². The minimum Gasteiger partial charge on any atom is -0.490 e. The first kappa shape index (κ1) is 28.2. The maximum Gasteiger partial charge on any atom is 0.335 e. The van der Waals surface area contributed by atoms with Gasteiger partial charge in [0.25, 0.3) is 17.5 Å². The number of carbonyl (C=O) groups excluding carboxylic acids is 3. The van der Waals surface area contributed by atoms with Crippen LogP contribution in [0.5, 0.6) is 11.5 Å². The summed E-state index contributed by atoms with van der Waals surface area (Å²) in [6.45, 7) is 6.24. The van der Waals surface area contributed by atoms with Gasteiger partial charge in [-0.25, -0.2) is 9.69 Å². The van der Waals surface area contributed by atoms with E-state index in [1.54, 1.807) is 18.2 Å². The van der Waals surface area contributed by atoms with Crippen LogP contribution in [0.2, 0.25) is 0 Å². The summed E-state index contributed by atoms with van der Waals surface area (Å²) in [5, 5.41) is 13.3. The molecular formula is C29H24BrN3O7. The standard InChI is InChI=1S/C29H24BrN3O7/c1-3-6-20-13-19(15-25(39-4-2)26(20)40-17-18-9-11-21(30)12-10-18)14-24-27(34)31-29(36)32(28(24)35)22-7-5-8-23(16-22)33(37)38/h3,5,7-16H,1,4,6,17H2,2H3,(H,31,34,36)/b24-14+. The van der Waals surface area contributed by atoms with Crippen LogP contribution in [-0.2, 0) is 22.6 Å². The molecule has 10 nitrogen and oxygen atoms in total. The molecule has 1 N–H and O–H groups in total. The van der Waals surface area contributed by atoms with E-state index < -0.39 is 22.8 Å². The van der Waals surface area contributed by atoms with E-state index in [4.69, 9.17) is 9.47 Å². The smallest absolute Gasteiger partial charge is 0.335 e. The molecular weight excluding hydrogens is 582 g/mol. The van der Waals surface area contributed by atoms with Crippen LogP contribution >= 0.6 is 15.9 Å². The van der Waals surface area contributed by atoms with E-state index >= 15 is 0 Å². The molecule has 11 heteroatoms. The van der Waals surface area contributed by atoms with Gasteiger partial charge in [0.05, 0.1) is 17.2 Å². The number of urea groups is 1. The molecule has 204 valence electrons. The van der Waals surface area contributed by atoms with Crippen molar-refractivity contribution >= 4 is 51.2 Å². The lowest BCUT2D eigenvalue weighted by Gasteiger charge is -2.26. The summed E-state index contributed by atoms with van der Waals surface area (Å²) in [7, 11) is 0. The number of rotatable bonds is 10. The third-order valence-corrected chi connectivity index (χ3v) is 6.35. The Hall–Kier alpha value is -4.77. The Bertz CT molecular complexity index is 1530. The Kier molecular flexibility index (Phi) is 8.75. The van der Waals surface area contributed by atoms with Crippen molar-refractivity contribution < 1.29 is 28.8 Å². The van der Waals surface area contributed by atoms with Crippen LogP contribution in [-0.4, -0.2) is 29.4 Å². The maximum absolute atomic E-state index is 13.3. The van der Waals surface area contributed by atoms with Gasteiger partial charge < -0.3 is 9.47 Å². The van der Waals surface area contributed by atoms with Crippen molar-refractivity contribution in [2.75, 3.05) is 11.5 Å². The predicted molar refractivity (Wildman–Crippen MR) is 152 cm³/mol. The van der Waals surface area contributed by atoms with Crippen LogP contribution in [0.4, 0.5) is 16.2 Å². The van der Waals surface area contributed by atoms with E-state index in [0.717, 1.165) is 16.1 Å². The molecule has 0 radical (unpaired) electrons. The summed E-state index contributed by atoms with van der Waals surface area (Å²) >= 11 is 3.41. The summed E-state index contributed by atoms with van der Waals surface area (Å²) in [5.74, 6) is -0.913. The lowest BCUT2D eigenvalue weighted by atomic mass is 10.0. The lowest BCUT2D eigenvalue weighted by molar-refractivity contribution is -0.384. The summed E-state index contributed by atoms with van der Waals surface area (Å²) in [5.41, 5.74) is 1.41. The van der Waals surface area contributed by atoms with Gasteiger partial charge in [-0.1, -0.05) is 40.2 Å². The highest BCUT2D eigenvalue weighted by Crippen LogP contribution is 2.36. The van der Waals surface area contributed by atoms with Crippen molar-refractivity contribution in [2.24, 2.45) is 0 Å². The fourth-order valence-electron chi connectivity index (χ4n) is 4.04. The summed E-state index contributed by atoms with van der Waals surface area (Å²) in [4.78, 5) is 49.8. The number of hydrogen-bond donors (Lipinski definition) is 1. The number of halogens is 1. The zero-order valence-corrected chi connectivity index (χ0v) is 23.0. The molecule has 1 fully saturated rings. The highest BCUT2D eigenvalue weighted by atomic mass is 79.9. The SMILES string of the molecule is C=CCc1cc(/C=C2\C(=O)NC(=O)N(c3cccc([N+](=O)[O-])c3)C2=O)cc(OCC)c1OCc1ccc(Br)cc1. The van der Waals surface area contributed by atoms with Gasteiger partial charge in [-0.15, -0.1) is 6.58 Å². The predicted octanol–water partition coefficient (Wildman–Crippen LogP) is 5.73. The minimum atomic E-state index is -1.01. The van der Waals surface area contributed by atoms with Crippen LogP contribution in [0.1, 0.15) is 23.6 Å². The van der Waals surface area contributed by atoms with Crippen LogP contribution in [0.3, 0.4) is 0 Å². The fourth-order valence-corrected chi connectivity index (χ4v) is 4.31. The van der Waals surface area contributed by atoms with E-state index in [0.29, 0.717) is 40.6 Å². The number of hydrogen-bond acceptors (Lipinski definition) is 7. The fraction of sp³-hybridized carbons (Fsp3) is 0.138. The first-order valence-corrected chi connectivity index (χ1v) is 12.9. The molecule has 1 aliphatic rings. The number of anilines is 1. The quantitative estimate of drug-likeness (QED) is 0.103. The minimum absolute atomic E-state index is 0.0471. The number of nitrogens with one attached hydrogen (secondary N) is 1. The molecule has 0 atom stereocenters. The van der Waals surface area contributed by atoms with Gasteiger partial charge in [0.2, 0.25) is 0 Å². The van der Waals surface area contributed by atoms with E-state index in [1.807, 2.05) is 31.2 Å². The molecule has 0 unspecified atom stereocenters. The normalized spacial score (nSPS) is 14.2.